The van der Waals surface area contributed by atoms with Gasteiger partial charge in [-0.3, -0.25) is 0 Å². The summed E-state index contributed by atoms with van der Waals surface area (Å²) < 4.78 is 1.27. The summed E-state index contributed by atoms with van der Waals surface area (Å²) in [5.41, 5.74) is 1.51. The fourth-order valence-corrected chi connectivity index (χ4v) is 5.80. The number of aryl methyl sites for hydroxylation is 1. The van der Waals surface area contributed by atoms with E-state index in [1.807, 2.05) is 11.3 Å². The van der Waals surface area contributed by atoms with Crippen LogP contribution in [0.2, 0.25) is 0 Å². The molecule has 1 heterocycles. The highest BCUT2D eigenvalue weighted by Gasteiger charge is 2.47. The van der Waals surface area contributed by atoms with Crippen LogP contribution in [-0.4, -0.2) is 0 Å². The first-order valence-corrected chi connectivity index (χ1v) is 8.07. The number of rotatable bonds is 2. The molecule has 3 heteroatoms. The Bertz CT molecular complexity index is 375. The van der Waals surface area contributed by atoms with Gasteiger partial charge in [0.1, 0.15) is 0 Å². The maximum atomic E-state index is 3.91. The van der Waals surface area contributed by atoms with Gasteiger partial charge in [0.05, 0.1) is 3.79 Å². The van der Waals surface area contributed by atoms with Gasteiger partial charge in [-0.25, -0.2) is 0 Å². The van der Waals surface area contributed by atoms with Crippen molar-refractivity contribution in [3.63, 3.8) is 0 Å². The highest BCUT2D eigenvalue weighted by Crippen LogP contribution is 2.59. The topological polar surface area (TPSA) is 0 Å². The molecule has 0 radical (unpaired) electrons. The molecule has 2 fully saturated rings. The SMILES string of the molecule is Cc1sc(Br)cc1C(Br)C1CC2CC2C1. The molecule has 0 nitrogen and oxygen atoms in total. The second-order valence-corrected chi connectivity index (χ2v) is 8.57. The second-order valence-electron chi connectivity index (χ2n) is 4.95. The first-order valence-electron chi connectivity index (χ1n) is 5.55. The normalized spacial score (nSPS) is 35.3. The van der Waals surface area contributed by atoms with Crippen LogP contribution in [-0.2, 0) is 0 Å². The molecule has 0 bridgehead atoms. The number of halogens is 2. The minimum atomic E-state index is 0.591. The van der Waals surface area contributed by atoms with Crippen molar-refractivity contribution in [1.82, 2.24) is 0 Å². The molecule has 1 aromatic heterocycles. The van der Waals surface area contributed by atoms with Crippen LogP contribution in [0.1, 0.15) is 34.5 Å². The zero-order valence-electron chi connectivity index (χ0n) is 8.67. The molecule has 15 heavy (non-hydrogen) atoms. The van der Waals surface area contributed by atoms with Crippen molar-refractivity contribution in [1.29, 1.82) is 0 Å². The summed E-state index contributed by atoms with van der Waals surface area (Å²) in [6, 6.07) is 2.29. The van der Waals surface area contributed by atoms with Crippen LogP contribution in [0.15, 0.2) is 9.85 Å². The molecule has 2 aliphatic rings. The summed E-state index contributed by atoms with van der Waals surface area (Å²) >= 11 is 9.34. The number of fused-ring (bicyclic) bond motifs is 1. The van der Waals surface area contributed by atoms with Crippen molar-refractivity contribution in [2.45, 2.75) is 31.0 Å². The average molecular weight is 350 g/mol. The molecule has 3 unspecified atom stereocenters. The van der Waals surface area contributed by atoms with E-state index in [1.54, 1.807) is 0 Å². The zero-order chi connectivity index (χ0) is 10.6. The first kappa shape index (κ1) is 10.8. The predicted molar refractivity (Wildman–Crippen MR) is 72.7 cm³/mol. The molecule has 82 valence electrons. The van der Waals surface area contributed by atoms with Crippen LogP contribution >= 0.6 is 43.2 Å². The fraction of sp³-hybridized carbons (Fsp3) is 0.667. The minimum Gasteiger partial charge on any atom is -0.133 e. The Labute approximate surface area is 112 Å². The van der Waals surface area contributed by atoms with E-state index in [0.717, 1.165) is 17.8 Å². The quantitative estimate of drug-likeness (QED) is 0.635. The number of thiophene rings is 1. The predicted octanol–water partition coefficient (Wildman–Crippen LogP) is 5.30. The van der Waals surface area contributed by atoms with Crippen molar-refractivity contribution < 1.29 is 0 Å². The first-order chi connectivity index (χ1) is 7.15. The van der Waals surface area contributed by atoms with Gasteiger partial charge in [0.2, 0.25) is 0 Å². The van der Waals surface area contributed by atoms with Gasteiger partial charge < -0.3 is 0 Å². The van der Waals surface area contributed by atoms with Gasteiger partial charge in [0.15, 0.2) is 0 Å². The van der Waals surface area contributed by atoms with E-state index in [4.69, 9.17) is 0 Å². The van der Waals surface area contributed by atoms with E-state index < -0.39 is 0 Å². The molecule has 2 aliphatic carbocycles. The van der Waals surface area contributed by atoms with Gasteiger partial charge in [0, 0.05) is 9.70 Å². The van der Waals surface area contributed by atoms with Gasteiger partial charge in [-0.15, -0.1) is 11.3 Å². The summed E-state index contributed by atoms with van der Waals surface area (Å²) in [6.07, 6.45) is 4.42. The molecule has 3 atom stereocenters. The molecule has 0 spiro atoms. The molecule has 0 N–H and O–H groups in total. The monoisotopic (exact) mass is 348 g/mol. The van der Waals surface area contributed by atoms with Crippen LogP contribution in [0.5, 0.6) is 0 Å². The van der Waals surface area contributed by atoms with E-state index in [0.29, 0.717) is 4.83 Å². The highest BCUT2D eigenvalue weighted by atomic mass is 79.9. The van der Waals surface area contributed by atoms with Gasteiger partial charge in [-0.2, -0.15) is 0 Å². The van der Waals surface area contributed by atoms with E-state index >= 15 is 0 Å². The Kier molecular flexibility index (Phi) is 2.77. The lowest BCUT2D eigenvalue weighted by molar-refractivity contribution is 0.481. The van der Waals surface area contributed by atoms with Crippen molar-refractivity contribution in [2.24, 2.45) is 17.8 Å². The maximum Gasteiger partial charge on any atom is 0.0704 e. The Balaban J connectivity index is 1.78. The van der Waals surface area contributed by atoms with Gasteiger partial charge in [-0.05, 0) is 71.5 Å². The summed E-state index contributed by atoms with van der Waals surface area (Å²) in [6.45, 7) is 2.23. The van der Waals surface area contributed by atoms with Crippen LogP contribution < -0.4 is 0 Å². The molecular weight excluding hydrogens is 336 g/mol. The average Bonchev–Trinajstić information content (AvgIpc) is 2.65. The van der Waals surface area contributed by atoms with E-state index in [2.05, 4.69) is 44.8 Å². The molecule has 3 rings (SSSR count). The van der Waals surface area contributed by atoms with Crippen molar-refractivity contribution in [2.75, 3.05) is 0 Å². The van der Waals surface area contributed by atoms with E-state index in [1.165, 1.54) is 33.5 Å². The smallest absolute Gasteiger partial charge is 0.0704 e. The van der Waals surface area contributed by atoms with Gasteiger partial charge in [0.25, 0.3) is 0 Å². The largest absolute Gasteiger partial charge is 0.133 e. The summed E-state index contributed by atoms with van der Waals surface area (Å²) in [7, 11) is 0. The second kappa shape index (κ2) is 3.85. The third kappa shape index (κ3) is 1.96. The van der Waals surface area contributed by atoms with Crippen LogP contribution in [0, 0.1) is 24.7 Å². The minimum absolute atomic E-state index is 0.591. The van der Waals surface area contributed by atoms with E-state index in [9.17, 15) is 0 Å². The molecule has 0 amide bonds. The van der Waals surface area contributed by atoms with E-state index in [-0.39, 0.29) is 0 Å². The molecule has 0 aromatic carbocycles. The summed E-state index contributed by atoms with van der Waals surface area (Å²) in [5, 5.41) is 0. The standard InChI is InChI=1S/C12H14Br2S/c1-6-10(5-11(13)15-6)12(14)9-3-7-2-8(7)4-9/h5,7-9,12H,2-4H2,1H3. The van der Waals surface area contributed by atoms with Crippen LogP contribution in [0.25, 0.3) is 0 Å². The molecule has 1 aromatic rings. The van der Waals surface area contributed by atoms with Crippen LogP contribution in [0.3, 0.4) is 0 Å². The lowest BCUT2D eigenvalue weighted by atomic mass is 9.95. The zero-order valence-corrected chi connectivity index (χ0v) is 12.7. The van der Waals surface area contributed by atoms with Crippen molar-refractivity contribution in [3.05, 3.63) is 20.3 Å². The lowest BCUT2D eigenvalue weighted by Gasteiger charge is -2.18. The fourth-order valence-electron chi connectivity index (χ4n) is 2.99. The van der Waals surface area contributed by atoms with Crippen LogP contribution in [0.4, 0.5) is 0 Å². The van der Waals surface area contributed by atoms with Gasteiger partial charge in [-0.1, -0.05) is 15.9 Å². The molecular formula is C12H14Br2S. The Morgan fingerprint density at radius 1 is 1.33 bits per heavy atom. The van der Waals surface area contributed by atoms with Crippen molar-refractivity contribution in [3.8, 4) is 0 Å². The molecule has 2 saturated carbocycles. The van der Waals surface area contributed by atoms with Gasteiger partial charge >= 0.3 is 0 Å². The molecule has 0 aliphatic heterocycles. The third-order valence-corrected chi connectivity index (χ3v) is 6.73. The lowest BCUT2D eigenvalue weighted by Crippen LogP contribution is -2.05. The highest BCUT2D eigenvalue weighted by molar-refractivity contribution is 9.11. The summed E-state index contributed by atoms with van der Waals surface area (Å²) in [5.74, 6) is 3.05. The number of hydrogen-bond donors (Lipinski definition) is 0. The Morgan fingerprint density at radius 3 is 2.53 bits per heavy atom. The third-order valence-electron chi connectivity index (χ3n) is 3.92. The summed E-state index contributed by atoms with van der Waals surface area (Å²) in [4.78, 5) is 2.05. The molecule has 0 saturated heterocycles. The Morgan fingerprint density at radius 2 is 2.00 bits per heavy atom. The number of hydrogen-bond acceptors (Lipinski definition) is 1. The maximum absolute atomic E-state index is 3.91. The van der Waals surface area contributed by atoms with Crippen molar-refractivity contribution >= 4 is 43.2 Å². The Hall–Kier alpha value is 0.660. The number of alkyl halides is 1.